The quantitative estimate of drug-likeness (QED) is 0.670. The summed E-state index contributed by atoms with van der Waals surface area (Å²) in [7, 11) is 0. The number of aryl methyl sites for hydroxylation is 1. The number of rotatable bonds is 1. The van der Waals surface area contributed by atoms with Crippen molar-refractivity contribution in [3.05, 3.63) is 35.4 Å². The molecule has 0 aliphatic rings. The second-order valence-electron chi connectivity index (χ2n) is 2.17. The fourth-order valence-electron chi connectivity index (χ4n) is 0.778. The molecule has 0 aromatic heterocycles. The summed E-state index contributed by atoms with van der Waals surface area (Å²) in [5.74, 6) is -0.872. The fraction of sp³-hybridized carbons (Fsp3) is 0.222. The average molecular weight is 152 g/mol. The van der Waals surface area contributed by atoms with Gasteiger partial charge < -0.3 is 5.11 Å². The van der Waals surface area contributed by atoms with E-state index in [1.54, 1.807) is 18.2 Å². The van der Waals surface area contributed by atoms with E-state index in [1.807, 2.05) is 13.0 Å². The van der Waals surface area contributed by atoms with Crippen LogP contribution in [0, 0.1) is 6.92 Å². The van der Waals surface area contributed by atoms with Crippen molar-refractivity contribution in [2.75, 3.05) is 0 Å². The lowest BCUT2D eigenvalue weighted by atomic mass is 10.1. The molecule has 1 rings (SSSR count). The summed E-state index contributed by atoms with van der Waals surface area (Å²) in [6, 6.07) is 6.82. The highest BCUT2D eigenvalue weighted by Gasteiger charge is 1.99. The molecule has 2 nitrogen and oxygen atoms in total. The molecule has 0 saturated carbocycles. The van der Waals surface area contributed by atoms with Crippen molar-refractivity contribution in [1.29, 1.82) is 0 Å². The van der Waals surface area contributed by atoms with Gasteiger partial charge in [-0.1, -0.05) is 25.1 Å². The van der Waals surface area contributed by atoms with Gasteiger partial charge >= 0.3 is 5.97 Å². The molecule has 0 bridgehead atoms. The molecule has 0 saturated heterocycles. The van der Waals surface area contributed by atoms with E-state index in [0.29, 0.717) is 5.56 Å². The van der Waals surface area contributed by atoms with Crippen LogP contribution in [0.5, 0.6) is 0 Å². The summed E-state index contributed by atoms with van der Waals surface area (Å²) >= 11 is 0. The van der Waals surface area contributed by atoms with Crippen LogP contribution in [-0.4, -0.2) is 11.1 Å². The summed E-state index contributed by atoms with van der Waals surface area (Å²) < 4.78 is 0. The van der Waals surface area contributed by atoms with Crippen molar-refractivity contribution in [1.82, 2.24) is 0 Å². The van der Waals surface area contributed by atoms with Crippen molar-refractivity contribution < 1.29 is 9.90 Å². The highest BCUT2D eigenvalue weighted by atomic mass is 16.4. The molecule has 0 aliphatic heterocycles. The third-order valence-electron chi connectivity index (χ3n) is 1.27. The zero-order valence-electron chi connectivity index (χ0n) is 5.66. The summed E-state index contributed by atoms with van der Waals surface area (Å²) in [6.07, 6.45) is 0. The smallest absolute Gasteiger partial charge is 0.335 e. The van der Waals surface area contributed by atoms with Crippen LogP contribution in [0.25, 0.3) is 0 Å². The van der Waals surface area contributed by atoms with Gasteiger partial charge in [-0.15, -0.1) is 0 Å². The summed E-state index contributed by atoms with van der Waals surface area (Å²) in [5.41, 5.74) is 1.32. The van der Waals surface area contributed by atoms with Gasteiger partial charge in [0.15, 0.2) is 0 Å². The van der Waals surface area contributed by atoms with Crippen LogP contribution >= 0.6 is 0 Å². The van der Waals surface area contributed by atoms with Gasteiger partial charge in [0.2, 0.25) is 0 Å². The van der Waals surface area contributed by atoms with Crippen LogP contribution in [0.4, 0.5) is 0 Å². The van der Waals surface area contributed by atoms with Gasteiger partial charge in [0.1, 0.15) is 0 Å². The second kappa shape index (κ2) is 3.76. The van der Waals surface area contributed by atoms with Crippen molar-refractivity contribution >= 4 is 5.97 Å². The molecule has 0 heterocycles. The Morgan fingerprint density at radius 1 is 1.45 bits per heavy atom. The Kier molecular flexibility index (Phi) is 3.31. The molecular formula is C9H12O2. The van der Waals surface area contributed by atoms with Crippen LogP contribution < -0.4 is 0 Å². The van der Waals surface area contributed by atoms with E-state index in [1.165, 1.54) is 0 Å². The molecule has 60 valence electrons. The molecule has 11 heavy (non-hydrogen) atoms. The number of hydrogen-bond acceptors (Lipinski definition) is 1. The zero-order chi connectivity index (χ0) is 7.56. The number of aromatic carboxylic acids is 1. The van der Waals surface area contributed by atoms with Crippen LogP contribution in [0.2, 0.25) is 0 Å². The van der Waals surface area contributed by atoms with E-state index in [0.717, 1.165) is 5.56 Å². The highest BCUT2D eigenvalue weighted by Crippen LogP contribution is 2.02. The molecule has 0 unspecified atom stereocenters. The van der Waals surface area contributed by atoms with Gasteiger partial charge in [0, 0.05) is 0 Å². The van der Waals surface area contributed by atoms with Gasteiger partial charge in [-0.3, -0.25) is 0 Å². The Morgan fingerprint density at radius 2 is 2.09 bits per heavy atom. The Labute approximate surface area is 66.5 Å². The van der Waals surface area contributed by atoms with Crippen LogP contribution in [0.3, 0.4) is 0 Å². The summed E-state index contributed by atoms with van der Waals surface area (Å²) in [4.78, 5) is 10.4. The number of hydrogen-bond donors (Lipinski definition) is 1. The third-order valence-corrected chi connectivity index (χ3v) is 1.27. The largest absolute Gasteiger partial charge is 0.478 e. The minimum atomic E-state index is -0.872. The predicted molar refractivity (Wildman–Crippen MR) is 44.9 cm³/mol. The minimum Gasteiger partial charge on any atom is -0.478 e. The van der Waals surface area contributed by atoms with E-state index in [9.17, 15) is 4.79 Å². The molecule has 0 radical (unpaired) electrons. The van der Waals surface area contributed by atoms with E-state index >= 15 is 0 Å². The standard InChI is InChI=1S/C8H8O2.CH4/c1-6-3-2-4-7(5-6)8(9)10;/h2-5H,1H3,(H,9,10);1H4. The van der Waals surface area contributed by atoms with Crippen LogP contribution in [0.1, 0.15) is 23.3 Å². The predicted octanol–water partition coefficient (Wildman–Crippen LogP) is 2.33. The minimum absolute atomic E-state index is 0. The molecule has 1 aromatic carbocycles. The molecule has 0 spiro atoms. The zero-order valence-corrected chi connectivity index (χ0v) is 5.66. The van der Waals surface area contributed by atoms with Gasteiger partial charge in [-0.2, -0.15) is 0 Å². The highest BCUT2D eigenvalue weighted by molar-refractivity contribution is 5.87. The van der Waals surface area contributed by atoms with Crippen molar-refractivity contribution in [3.8, 4) is 0 Å². The van der Waals surface area contributed by atoms with Gasteiger partial charge in [0.25, 0.3) is 0 Å². The molecule has 0 atom stereocenters. The van der Waals surface area contributed by atoms with E-state index in [4.69, 9.17) is 5.11 Å². The van der Waals surface area contributed by atoms with Crippen molar-refractivity contribution in [3.63, 3.8) is 0 Å². The van der Waals surface area contributed by atoms with E-state index in [2.05, 4.69) is 0 Å². The molecule has 0 amide bonds. The van der Waals surface area contributed by atoms with Crippen molar-refractivity contribution in [2.45, 2.75) is 14.4 Å². The number of carbonyl (C=O) groups is 1. The molecule has 0 fully saturated rings. The summed E-state index contributed by atoms with van der Waals surface area (Å²) in [6.45, 7) is 1.87. The Morgan fingerprint density at radius 3 is 2.45 bits per heavy atom. The van der Waals surface area contributed by atoms with E-state index < -0.39 is 5.97 Å². The topological polar surface area (TPSA) is 37.3 Å². The third kappa shape index (κ3) is 2.42. The summed E-state index contributed by atoms with van der Waals surface area (Å²) in [5, 5.41) is 8.51. The van der Waals surface area contributed by atoms with E-state index in [-0.39, 0.29) is 7.43 Å². The molecule has 1 N–H and O–H groups in total. The number of carboxylic acids is 1. The van der Waals surface area contributed by atoms with Gasteiger partial charge in [-0.05, 0) is 19.1 Å². The first-order valence-electron chi connectivity index (χ1n) is 3.00. The molecule has 0 aliphatic carbocycles. The monoisotopic (exact) mass is 152 g/mol. The number of benzene rings is 1. The lowest BCUT2D eigenvalue weighted by Gasteiger charge is -1.93. The SMILES string of the molecule is C.Cc1cccc(C(=O)O)c1. The first-order valence-corrected chi connectivity index (χ1v) is 3.00. The van der Waals surface area contributed by atoms with Crippen LogP contribution in [0.15, 0.2) is 24.3 Å². The normalized spacial score (nSPS) is 8.45. The molecule has 2 heteroatoms. The fourth-order valence-corrected chi connectivity index (χ4v) is 0.778. The first kappa shape index (κ1) is 9.69. The Balaban J connectivity index is 0.000001000. The molecular weight excluding hydrogens is 140 g/mol. The van der Waals surface area contributed by atoms with Gasteiger partial charge in [0.05, 0.1) is 5.56 Å². The van der Waals surface area contributed by atoms with Gasteiger partial charge in [-0.25, -0.2) is 4.79 Å². The Bertz CT molecular complexity index is 253. The molecule has 1 aromatic rings. The lowest BCUT2D eigenvalue weighted by molar-refractivity contribution is 0.0697. The lowest BCUT2D eigenvalue weighted by Crippen LogP contribution is -1.95. The van der Waals surface area contributed by atoms with Crippen molar-refractivity contribution in [2.24, 2.45) is 0 Å². The first-order chi connectivity index (χ1) is 4.70. The maximum absolute atomic E-state index is 10.4. The Hall–Kier alpha value is -1.31. The maximum atomic E-state index is 10.4. The number of carboxylic acid groups (broad SMARTS) is 1. The maximum Gasteiger partial charge on any atom is 0.335 e. The average Bonchev–Trinajstić information content (AvgIpc) is 1.88. The van der Waals surface area contributed by atoms with Crippen LogP contribution in [-0.2, 0) is 0 Å². The second-order valence-corrected chi connectivity index (χ2v) is 2.17.